The molecule has 0 spiro atoms. The first-order chi connectivity index (χ1) is 8.80. The lowest BCUT2D eigenvalue weighted by atomic mass is 9.98. The van der Waals surface area contributed by atoms with Gasteiger partial charge in [-0.2, -0.15) is 0 Å². The Balaban J connectivity index is 2.38. The third-order valence-corrected chi connectivity index (χ3v) is 4.92. The summed E-state index contributed by atoms with van der Waals surface area (Å²) in [6.45, 7) is 1.77. The molecule has 0 radical (unpaired) electrons. The fourth-order valence-electron chi connectivity index (χ4n) is 2.24. The molecule has 1 amide bonds. The molecular formula is C13H18N2O3S. The average molecular weight is 282 g/mol. The summed E-state index contributed by atoms with van der Waals surface area (Å²) in [4.78, 5) is 13.8. The third kappa shape index (κ3) is 2.79. The number of fused-ring (bicyclic) bond motifs is 1. The van der Waals surface area contributed by atoms with Crippen molar-refractivity contribution in [3.63, 3.8) is 0 Å². The number of benzene rings is 1. The zero-order chi connectivity index (χ0) is 14.2. The van der Waals surface area contributed by atoms with Crippen LogP contribution in [0, 0.1) is 0 Å². The highest BCUT2D eigenvalue weighted by atomic mass is 32.2. The van der Waals surface area contributed by atoms with Crippen LogP contribution in [0.5, 0.6) is 0 Å². The molecule has 104 valence electrons. The number of nitrogens with two attached hydrogens (primary N) is 1. The Morgan fingerprint density at radius 2 is 2.05 bits per heavy atom. The smallest absolute Gasteiger partial charge is 0.245 e. The average Bonchev–Trinajstić information content (AvgIpc) is 2.34. The van der Waals surface area contributed by atoms with Crippen LogP contribution >= 0.6 is 0 Å². The fraction of sp³-hybridized carbons (Fsp3) is 0.462. The Morgan fingerprint density at radius 1 is 1.42 bits per heavy atom. The molecule has 2 rings (SSSR count). The quantitative estimate of drug-likeness (QED) is 0.848. The molecule has 0 aliphatic carbocycles. The molecule has 0 saturated carbocycles. The highest BCUT2D eigenvalue weighted by Crippen LogP contribution is 2.27. The molecule has 1 aromatic rings. The van der Waals surface area contributed by atoms with Crippen LogP contribution in [-0.2, 0) is 21.1 Å². The Hall–Kier alpha value is -1.40. The maximum absolute atomic E-state index is 12.3. The van der Waals surface area contributed by atoms with Crippen molar-refractivity contribution < 1.29 is 13.2 Å². The van der Waals surface area contributed by atoms with Gasteiger partial charge >= 0.3 is 0 Å². The van der Waals surface area contributed by atoms with Crippen LogP contribution in [-0.4, -0.2) is 38.4 Å². The van der Waals surface area contributed by atoms with Gasteiger partial charge in [0.15, 0.2) is 9.84 Å². The van der Waals surface area contributed by atoms with E-state index in [9.17, 15) is 13.2 Å². The number of sulfone groups is 1. The fourth-order valence-corrected chi connectivity index (χ4v) is 2.73. The van der Waals surface area contributed by atoms with Crippen LogP contribution < -0.4 is 10.6 Å². The van der Waals surface area contributed by atoms with Gasteiger partial charge < -0.3 is 10.6 Å². The van der Waals surface area contributed by atoms with Crippen molar-refractivity contribution in [2.24, 2.45) is 5.73 Å². The SMILES string of the molecule is CC(C(=O)N1CC(N)Cc2ccccc21)S(C)(=O)=O. The van der Waals surface area contributed by atoms with E-state index < -0.39 is 21.0 Å². The van der Waals surface area contributed by atoms with Crippen molar-refractivity contribution in [2.45, 2.75) is 24.6 Å². The second-order valence-electron chi connectivity index (χ2n) is 5.01. The van der Waals surface area contributed by atoms with Crippen LogP contribution in [0.3, 0.4) is 0 Å². The number of nitrogens with zero attached hydrogens (tertiary/aromatic N) is 1. The van der Waals surface area contributed by atoms with Gasteiger partial charge in [0.1, 0.15) is 5.25 Å². The van der Waals surface area contributed by atoms with E-state index in [1.54, 1.807) is 0 Å². The van der Waals surface area contributed by atoms with E-state index in [0.717, 1.165) is 17.5 Å². The molecular weight excluding hydrogens is 264 g/mol. The minimum Gasteiger partial charge on any atom is -0.326 e. The first-order valence-electron chi connectivity index (χ1n) is 6.14. The number of para-hydroxylation sites is 1. The van der Waals surface area contributed by atoms with Gasteiger partial charge in [0.05, 0.1) is 0 Å². The van der Waals surface area contributed by atoms with Crippen molar-refractivity contribution in [2.75, 3.05) is 17.7 Å². The number of hydrogen-bond acceptors (Lipinski definition) is 4. The standard InChI is InChI=1S/C13H18N2O3S/c1-9(19(2,17)18)13(16)15-8-11(14)7-10-5-3-4-6-12(10)15/h3-6,9,11H,7-8,14H2,1-2H3. The number of carbonyl (C=O) groups is 1. The van der Waals surface area contributed by atoms with E-state index >= 15 is 0 Å². The number of anilines is 1. The summed E-state index contributed by atoms with van der Waals surface area (Å²) >= 11 is 0. The first-order valence-corrected chi connectivity index (χ1v) is 8.10. The maximum Gasteiger partial charge on any atom is 0.245 e. The molecule has 2 atom stereocenters. The van der Waals surface area contributed by atoms with Gasteiger partial charge in [0.2, 0.25) is 5.91 Å². The Bertz CT molecular complexity index is 598. The van der Waals surface area contributed by atoms with E-state index in [-0.39, 0.29) is 6.04 Å². The van der Waals surface area contributed by atoms with Crippen LogP contribution in [0.15, 0.2) is 24.3 Å². The summed E-state index contributed by atoms with van der Waals surface area (Å²) in [6.07, 6.45) is 1.78. The predicted molar refractivity (Wildman–Crippen MR) is 74.8 cm³/mol. The molecule has 1 aliphatic rings. The summed E-state index contributed by atoms with van der Waals surface area (Å²) in [5.74, 6) is -0.412. The number of rotatable bonds is 2. The van der Waals surface area contributed by atoms with E-state index in [1.807, 2.05) is 24.3 Å². The van der Waals surface area contributed by atoms with Gasteiger partial charge in [0, 0.05) is 24.5 Å². The van der Waals surface area contributed by atoms with Gasteiger partial charge in [-0.1, -0.05) is 18.2 Å². The zero-order valence-electron chi connectivity index (χ0n) is 11.0. The molecule has 2 N–H and O–H groups in total. The van der Waals surface area contributed by atoms with Crippen molar-refractivity contribution >= 4 is 21.4 Å². The van der Waals surface area contributed by atoms with Crippen LogP contribution in [0.1, 0.15) is 12.5 Å². The van der Waals surface area contributed by atoms with Crippen LogP contribution in [0.4, 0.5) is 5.69 Å². The molecule has 1 aliphatic heterocycles. The molecule has 5 nitrogen and oxygen atoms in total. The van der Waals surface area contributed by atoms with Gasteiger partial charge in [-0.15, -0.1) is 0 Å². The summed E-state index contributed by atoms with van der Waals surface area (Å²) < 4.78 is 23.1. The summed E-state index contributed by atoms with van der Waals surface area (Å²) in [5, 5.41) is -1.05. The largest absolute Gasteiger partial charge is 0.326 e. The van der Waals surface area contributed by atoms with E-state index in [1.165, 1.54) is 11.8 Å². The number of carbonyl (C=O) groups excluding carboxylic acids is 1. The summed E-state index contributed by atoms with van der Waals surface area (Å²) in [7, 11) is -3.40. The summed E-state index contributed by atoms with van der Waals surface area (Å²) in [6, 6.07) is 7.31. The van der Waals surface area contributed by atoms with Crippen molar-refractivity contribution in [3.05, 3.63) is 29.8 Å². The van der Waals surface area contributed by atoms with Crippen molar-refractivity contribution in [1.29, 1.82) is 0 Å². The third-order valence-electron chi connectivity index (χ3n) is 3.44. The van der Waals surface area contributed by atoms with Gasteiger partial charge in [-0.25, -0.2) is 8.42 Å². The van der Waals surface area contributed by atoms with Crippen LogP contribution in [0.25, 0.3) is 0 Å². The molecule has 6 heteroatoms. The normalized spacial score (nSPS) is 20.8. The minimum atomic E-state index is -3.40. The molecule has 0 fully saturated rings. The number of amides is 1. The molecule has 2 unspecified atom stereocenters. The lowest BCUT2D eigenvalue weighted by molar-refractivity contribution is -0.118. The second-order valence-corrected chi connectivity index (χ2v) is 7.38. The van der Waals surface area contributed by atoms with E-state index in [4.69, 9.17) is 5.73 Å². The monoisotopic (exact) mass is 282 g/mol. The molecule has 0 aromatic heterocycles. The molecule has 1 aromatic carbocycles. The first kappa shape index (κ1) is 14.0. The summed E-state index contributed by atoms with van der Waals surface area (Å²) in [5.41, 5.74) is 7.69. The van der Waals surface area contributed by atoms with Crippen molar-refractivity contribution in [3.8, 4) is 0 Å². The zero-order valence-corrected chi connectivity index (χ0v) is 11.9. The highest BCUT2D eigenvalue weighted by Gasteiger charge is 2.33. The lowest BCUT2D eigenvalue weighted by Crippen LogP contribution is -2.50. The van der Waals surface area contributed by atoms with Crippen molar-refractivity contribution in [1.82, 2.24) is 0 Å². The second kappa shape index (κ2) is 4.94. The molecule has 0 saturated heterocycles. The minimum absolute atomic E-state index is 0.161. The van der Waals surface area contributed by atoms with Gasteiger partial charge in [-0.05, 0) is 25.0 Å². The highest BCUT2D eigenvalue weighted by molar-refractivity contribution is 7.92. The predicted octanol–water partition coefficient (Wildman–Crippen LogP) is 0.336. The van der Waals surface area contributed by atoms with E-state index in [2.05, 4.69) is 0 Å². The van der Waals surface area contributed by atoms with Gasteiger partial charge in [0.25, 0.3) is 0 Å². The molecule has 0 bridgehead atoms. The van der Waals surface area contributed by atoms with Gasteiger partial charge in [-0.3, -0.25) is 4.79 Å². The molecule has 1 heterocycles. The Kier molecular flexibility index (Phi) is 3.64. The topological polar surface area (TPSA) is 80.5 Å². The Morgan fingerprint density at radius 3 is 2.68 bits per heavy atom. The van der Waals surface area contributed by atoms with E-state index in [0.29, 0.717) is 13.0 Å². The maximum atomic E-state index is 12.3. The number of hydrogen-bond donors (Lipinski definition) is 1. The van der Waals surface area contributed by atoms with Crippen LogP contribution in [0.2, 0.25) is 0 Å². The Labute approximate surface area is 113 Å². The lowest BCUT2D eigenvalue weighted by Gasteiger charge is -2.34. The molecule has 19 heavy (non-hydrogen) atoms.